The Morgan fingerprint density at radius 1 is 0.935 bits per heavy atom. The number of hydrogen-bond donors (Lipinski definition) is 1. The molecule has 0 radical (unpaired) electrons. The lowest BCUT2D eigenvalue weighted by Crippen LogP contribution is -2.35. The number of benzene rings is 3. The van der Waals surface area contributed by atoms with E-state index < -0.39 is 0 Å². The van der Waals surface area contributed by atoms with Gasteiger partial charge in [-0.05, 0) is 42.2 Å². The summed E-state index contributed by atoms with van der Waals surface area (Å²) in [4.78, 5) is 27.4. The highest BCUT2D eigenvalue weighted by atomic mass is 16.2. The van der Waals surface area contributed by atoms with Crippen LogP contribution in [0.1, 0.15) is 34.6 Å². The van der Waals surface area contributed by atoms with Crippen LogP contribution in [0.5, 0.6) is 0 Å². The molecule has 0 aliphatic carbocycles. The first-order valence-corrected chi connectivity index (χ1v) is 10.8. The Balaban J connectivity index is 1.46. The molecule has 2 amide bonds. The average Bonchev–Trinajstić information content (AvgIpc) is 3.18. The molecule has 1 atom stereocenters. The minimum absolute atomic E-state index is 0.0107. The molecule has 4 rings (SSSR count). The number of nitrogens with one attached hydrogen (secondary N) is 1. The van der Waals surface area contributed by atoms with E-state index in [1.54, 1.807) is 4.90 Å². The standard InChI is InChI=1S/C27H28N2O2/c1-19-10-9-15-25(20(19)2)29-18-23(16-26(29)30)27(31)28-17-24(21-11-5-3-6-12-21)22-13-7-4-8-14-22/h3-15,23-24H,16-18H2,1-2H3,(H,28,31)/t23-/m0/s1. The van der Waals surface area contributed by atoms with Gasteiger partial charge in [-0.1, -0.05) is 72.8 Å². The van der Waals surface area contributed by atoms with Crippen molar-refractivity contribution < 1.29 is 9.59 Å². The third-order valence-electron chi connectivity index (χ3n) is 6.25. The number of carbonyl (C=O) groups excluding carboxylic acids is 2. The van der Waals surface area contributed by atoms with E-state index >= 15 is 0 Å². The van der Waals surface area contributed by atoms with Crippen molar-refractivity contribution in [3.63, 3.8) is 0 Å². The Morgan fingerprint density at radius 3 is 2.16 bits per heavy atom. The largest absolute Gasteiger partial charge is 0.355 e. The second-order valence-corrected chi connectivity index (χ2v) is 8.24. The van der Waals surface area contributed by atoms with Gasteiger partial charge >= 0.3 is 0 Å². The molecule has 4 nitrogen and oxygen atoms in total. The zero-order valence-corrected chi connectivity index (χ0v) is 18.0. The number of hydrogen-bond acceptors (Lipinski definition) is 2. The van der Waals surface area contributed by atoms with Crippen LogP contribution in [0.2, 0.25) is 0 Å². The number of aryl methyl sites for hydroxylation is 1. The van der Waals surface area contributed by atoms with Gasteiger partial charge in [0.05, 0.1) is 5.92 Å². The molecule has 1 aliphatic rings. The normalized spacial score (nSPS) is 16.0. The summed E-state index contributed by atoms with van der Waals surface area (Å²) >= 11 is 0. The predicted octanol–water partition coefficient (Wildman–Crippen LogP) is 4.60. The summed E-state index contributed by atoms with van der Waals surface area (Å²) in [5.41, 5.74) is 5.46. The van der Waals surface area contributed by atoms with Gasteiger partial charge in [-0.2, -0.15) is 0 Å². The molecule has 0 aromatic heterocycles. The SMILES string of the molecule is Cc1cccc(N2C[C@@H](C(=O)NCC(c3ccccc3)c3ccccc3)CC2=O)c1C. The highest BCUT2D eigenvalue weighted by molar-refractivity contribution is 6.00. The fourth-order valence-electron chi connectivity index (χ4n) is 4.29. The molecule has 4 heteroatoms. The van der Waals surface area contributed by atoms with Crippen LogP contribution in [0, 0.1) is 19.8 Å². The van der Waals surface area contributed by atoms with E-state index in [0.29, 0.717) is 13.1 Å². The maximum atomic E-state index is 13.0. The van der Waals surface area contributed by atoms with Crippen molar-refractivity contribution in [3.8, 4) is 0 Å². The molecule has 3 aromatic carbocycles. The van der Waals surface area contributed by atoms with E-state index in [1.807, 2.05) is 68.4 Å². The van der Waals surface area contributed by atoms with Crippen LogP contribution in [0.25, 0.3) is 0 Å². The summed E-state index contributed by atoms with van der Waals surface area (Å²) in [6.45, 7) is 4.99. The molecule has 3 aromatic rings. The topological polar surface area (TPSA) is 49.4 Å². The number of anilines is 1. The van der Waals surface area contributed by atoms with Crippen LogP contribution in [0.3, 0.4) is 0 Å². The number of amides is 2. The summed E-state index contributed by atoms with van der Waals surface area (Å²) < 4.78 is 0. The molecule has 0 bridgehead atoms. The highest BCUT2D eigenvalue weighted by Gasteiger charge is 2.36. The zero-order valence-electron chi connectivity index (χ0n) is 18.0. The van der Waals surface area contributed by atoms with Gasteiger partial charge in [0, 0.05) is 31.1 Å². The van der Waals surface area contributed by atoms with Crippen molar-refractivity contribution in [2.45, 2.75) is 26.2 Å². The van der Waals surface area contributed by atoms with Gasteiger partial charge < -0.3 is 10.2 Å². The molecule has 31 heavy (non-hydrogen) atoms. The maximum absolute atomic E-state index is 13.0. The first kappa shape index (κ1) is 20.9. The Labute approximate surface area is 183 Å². The van der Waals surface area contributed by atoms with E-state index in [4.69, 9.17) is 0 Å². The summed E-state index contributed by atoms with van der Waals surface area (Å²) in [5, 5.41) is 3.12. The summed E-state index contributed by atoms with van der Waals surface area (Å²) in [7, 11) is 0. The van der Waals surface area contributed by atoms with E-state index in [1.165, 1.54) is 0 Å². The lowest BCUT2D eigenvalue weighted by molar-refractivity contribution is -0.126. The predicted molar refractivity (Wildman–Crippen MR) is 124 cm³/mol. The van der Waals surface area contributed by atoms with Crippen molar-refractivity contribution in [2.24, 2.45) is 5.92 Å². The quantitative estimate of drug-likeness (QED) is 0.643. The Bertz CT molecular complexity index is 1020. The Kier molecular flexibility index (Phi) is 6.17. The van der Waals surface area contributed by atoms with E-state index in [0.717, 1.165) is 27.9 Å². The maximum Gasteiger partial charge on any atom is 0.227 e. The molecule has 1 aliphatic heterocycles. The van der Waals surface area contributed by atoms with Crippen molar-refractivity contribution in [1.82, 2.24) is 5.32 Å². The summed E-state index contributed by atoms with van der Waals surface area (Å²) in [6, 6.07) is 26.4. The van der Waals surface area contributed by atoms with Crippen molar-refractivity contribution in [1.29, 1.82) is 0 Å². The van der Waals surface area contributed by atoms with Crippen LogP contribution in [-0.4, -0.2) is 24.9 Å². The minimum Gasteiger partial charge on any atom is -0.355 e. The van der Waals surface area contributed by atoms with Gasteiger partial charge in [-0.15, -0.1) is 0 Å². The molecule has 1 saturated heterocycles. The third kappa shape index (κ3) is 4.53. The van der Waals surface area contributed by atoms with E-state index in [-0.39, 0.29) is 30.1 Å². The van der Waals surface area contributed by atoms with E-state index in [2.05, 4.69) is 29.6 Å². The van der Waals surface area contributed by atoms with E-state index in [9.17, 15) is 9.59 Å². The highest BCUT2D eigenvalue weighted by Crippen LogP contribution is 2.30. The average molecular weight is 413 g/mol. The van der Waals surface area contributed by atoms with Gasteiger partial charge in [0.25, 0.3) is 0 Å². The van der Waals surface area contributed by atoms with Crippen LogP contribution >= 0.6 is 0 Å². The van der Waals surface area contributed by atoms with Crippen LogP contribution in [-0.2, 0) is 9.59 Å². The fourth-order valence-corrected chi connectivity index (χ4v) is 4.29. The number of rotatable bonds is 6. The zero-order chi connectivity index (χ0) is 21.8. The van der Waals surface area contributed by atoms with Gasteiger partial charge in [0.1, 0.15) is 0 Å². The second-order valence-electron chi connectivity index (χ2n) is 8.24. The van der Waals surface area contributed by atoms with Gasteiger partial charge in [0.2, 0.25) is 11.8 Å². The molecule has 0 saturated carbocycles. The lowest BCUT2D eigenvalue weighted by Gasteiger charge is -2.21. The first-order chi connectivity index (χ1) is 15.0. The molecule has 158 valence electrons. The summed E-state index contributed by atoms with van der Waals surface area (Å²) in [6.07, 6.45) is 0.251. The molecule has 1 N–H and O–H groups in total. The summed E-state index contributed by atoms with van der Waals surface area (Å²) in [5.74, 6) is -0.312. The molecular weight excluding hydrogens is 384 g/mol. The van der Waals surface area contributed by atoms with Crippen molar-refractivity contribution >= 4 is 17.5 Å². The smallest absolute Gasteiger partial charge is 0.227 e. The molecular formula is C27H28N2O2. The third-order valence-corrected chi connectivity index (χ3v) is 6.25. The molecule has 0 spiro atoms. The molecule has 1 heterocycles. The number of carbonyl (C=O) groups is 2. The van der Waals surface area contributed by atoms with Crippen LogP contribution in [0.4, 0.5) is 5.69 Å². The lowest BCUT2D eigenvalue weighted by atomic mass is 9.91. The van der Waals surface area contributed by atoms with Crippen molar-refractivity contribution in [3.05, 3.63) is 101 Å². The number of nitrogens with zero attached hydrogens (tertiary/aromatic N) is 1. The monoisotopic (exact) mass is 412 g/mol. The van der Waals surface area contributed by atoms with Gasteiger partial charge in [0.15, 0.2) is 0 Å². The van der Waals surface area contributed by atoms with Gasteiger partial charge in [-0.3, -0.25) is 9.59 Å². The fraction of sp³-hybridized carbons (Fsp3) is 0.259. The second kappa shape index (κ2) is 9.17. The van der Waals surface area contributed by atoms with Gasteiger partial charge in [-0.25, -0.2) is 0 Å². The minimum atomic E-state index is -0.334. The van der Waals surface area contributed by atoms with Crippen molar-refractivity contribution in [2.75, 3.05) is 18.0 Å². The van der Waals surface area contributed by atoms with Crippen LogP contribution < -0.4 is 10.2 Å². The van der Waals surface area contributed by atoms with Crippen LogP contribution in [0.15, 0.2) is 78.9 Å². The Hall–Kier alpha value is -3.40. The molecule has 1 fully saturated rings. The first-order valence-electron chi connectivity index (χ1n) is 10.8. The Morgan fingerprint density at radius 2 is 1.55 bits per heavy atom. The molecule has 0 unspecified atom stereocenters.